The zero-order chi connectivity index (χ0) is 25.3. The first-order valence-electron chi connectivity index (χ1n) is 15.0. The van der Waals surface area contributed by atoms with E-state index in [4.69, 9.17) is 11.7 Å². The molecule has 1 aromatic rings. The number of hydrazone groups is 1. The summed E-state index contributed by atoms with van der Waals surface area (Å²) < 4.78 is 0. The Hall–Kier alpha value is -1.81. The van der Waals surface area contributed by atoms with Gasteiger partial charge in [-0.25, -0.2) is 5.84 Å². The fraction of sp³-hybridized carbons (Fsp3) is 0.719. The molecule has 0 heterocycles. The molecule has 4 aliphatic rings. The molecule has 1 aromatic carbocycles. The standard InChI is InChI=1S/C32H50N4/c1-4-23-21-26-28-17-16-25(10-6-5-9-22-12-14-24(15-13-22)30(35-33)36-34)31(28,2)20-18-29(26)32(3)19-8-7-11-27(23)32/h5,9,12-15,23,25-29H,4,6-8,10-11,16-21,33-34H2,1-3H3,(H,35,36)/b9-5+/t23-,25-,26?,27?,28?,29-,31?,32?/m0/s1. The van der Waals surface area contributed by atoms with Crippen LogP contribution in [0.2, 0.25) is 0 Å². The molecule has 4 saturated carbocycles. The summed E-state index contributed by atoms with van der Waals surface area (Å²) in [5.41, 5.74) is 5.86. The number of rotatable bonds is 6. The number of hydrazine groups is 1. The van der Waals surface area contributed by atoms with Crippen LogP contribution in [0.15, 0.2) is 35.4 Å². The summed E-state index contributed by atoms with van der Waals surface area (Å²) in [6.07, 6.45) is 22.1. The topological polar surface area (TPSA) is 76.4 Å². The van der Waals surface area contributed by atoms with Crippen molar-refractivity contribution in [2.45, 2.75) is 97.8 Å². The van der Waals surface area contributed by atoms with E-state index in [-0.39, 0.29) is 0 Å². The number of nitrogens with two attached hydrogens (primary N) is 2. The van der Waals surface area contributed by atoms with E-state index >= 15 is 0 Å². The molecule has 5 unspecified atom stereocenters. The maximum Gasteiger partial charge on any atom is 0.166 e. The van der Waals surface area contributed by atoms with E-state index in [1.54, 1.807) is 6.42 Å². The van der Waals surface area contributed by atoms with Gasteiger partial charge in [0.15, 0.2) is 5.84 Å². The Labute approximate surface area is 219 Å². The average molecular weight is 491 g/mol. The second-order valence-electron chi connectivity index (χ2n) is 13.2. The van der Waals surface area contributed by atoms with Crippen LogP contribution in [0.5, 0.6) is 0 Å². The van der Waals surface area contributed by atoms with Crippen molar-refractivity contribution in [1.29, 1.82) is 0 Å². The predicted molar refractivity (Wildman–Crippen MR) is 152 cm³/mol. The van der Waals surface area contributed by atoms with Gasteiger partial charge in [0.2, 0.25) is 0 Å². The maximum absolute atomic E-state index is 5.48. The zero-order valence-electron chi connectivity index (χ0n) is 23.0. The van der Waals surface area contributed by atoms with Crippen LogP contribution in [0, 0.1) is 46.3 Å². The van der Waals surface area contributed by atoms with Crippen LogP contribution >= 0.6 is 0 Å². The first-order chi connectivity index (χ1) is 17.4. The predicted octanol–water partition coefficient (Wildman–Crippen LogP) is 7.25. The highest BCUT2D eigenvalue weighted by Crippen LogP contribution is 2.69. The second-order valence-corrected chi connectivity index (χ2v) is 13.2. The third kappa shape index (κ3) is 4.42. The summed E-state index contributed by atoms with van der Waals surface area (Å²) in [6, 6.07) is 8.23. The summed E-state index contributed by atoms with van der Waals surface area (Å²) in [6.45, 7) is 7.92. The molecule has 0 bridgehead atoms. The lowest BCUT2D eigenvalue weighted by Crippen LogP contribution is -2.55. The van der Waals surface area contributed by atoms with E-state index in [0.29, 0.717) is 16.7 Å². The van der Waals surface area contributed by atoms with Gasteiger partial charge < -0.3 is 11.3 Å². The van der Waals surface area contributed by atoms with Gasteiger partial charge in [0.05, 0.1) is 0 Å². The molecule has 4 nitrogen and oxygen atoms in total. The molecule has 0 spiro atoms. The van der Waals surface area contributed by atoms with Crippen molar-refractivity contribution in [3.63, 3.8) is 0 Å². The van der Waals surface area contributed by atoms with Gasteiger partial charge in [0.25, 0.3) is 0 Å². The highest BCUT2D eigenvalue weighted by molar-refractivity contribution is 5.98. The monoisotopic (exact) mass is 490 g/mol. The molecule has 0 amide bonds. The summed E-state index contributed by atoms with van der Waals surface area (Å²) in [5, 5.41) is 3.69. The van der Waals surface area contributed by atoms with E-state index in [1.165, 1.54) is 76.2 Å². The highest BCUT2D eigenvalue weighted by atomic mass is 15.3. The Kier molecular flexibility index (Phi) is 7.54. The maximum atomic E-state index is 5.48. The molecule has 4 heteroatoms. The van der Waals surface area contributed by atoms with Crippen molar-refractivity contribution in [2.75, 3.05) is 0 Å². The molecular formula is C32H50N4. The number of amidine groups is 1. The van der Waals surface area contributed by atoms with Crippen LogP contribution in [0.3, 0.4) is 0 Å². The van der Waals surface area contributed by atoms with Crippen molar-refractivity contribution < 1.29 is 0 Å². The number of benzene rings is 1. The van der Waals surface area contributed by atoms with Gasteiger partial charge in [0.1, 0.15) is 0 Å². The summed E-state index contributed by atoms with van der Waals surface area (Å²) in [5.74, 6) is 17.2. The lowest BCUT2D eigenvalue weighted by Gasteiger charge is -2.62. The summed E-state index contributed by atoms with van der Waals surface area (Å²) in [4.78, 5) is 0. The molecular weight excluding hydrogens is 440 g/mol. The van der Waals surface area contributed by atoms with E-state index in [2.05, 4.69) is 55.6 Å². The first kappa shape index (κ1) is 25.8. The molecule has 5 rings (SSSR count). The molecule has 198 valence electrons. The van der Waals surface area contributed by atoms with Crippen molar-refractivity contribution in [3.05, 3.63) is 41.5 Å². The van der Waals surface area contributed by atoms with Gasteiger partial charge in [-0.3, -0.25) is 0 Å². The summed E-state index contributed by atoms with van der Waals surface area (Å²) in [7, 11) is 0. The Morgan fingerprint density at radius 2 is 1.78 bits per heavy atom. The molecule has 4 fully saturated rings. The van der Waals surface area contributed by atoms with Gasteiger partial charge in [-0.2, -0.15) is 5.10 Å². The average Bonchev–Trinajstić information content (AvgIpc) is 3.23. The molecule has 36 heavy (non-hydrogen) atoms. The Morgan fingerprint density at radius 3 is 2.50 bits per heavy atom. The fourth-order valence-corrected chi connectivity index (χ4v) is 10.1. The molecule has 5 N–H and O–H groups in total. The number of allylic oxidation sites excluding steroid dienone is 1. The molecule has 0 aromatic heterocycles. The largest absolute Gasteiger partial charge is 0.321 e. The van der Waals surface area contributed by atoms with Gasteiger partial charge in [-0.15, -0.1) is 0 Å². The number of nitrogens with zero attached hydrogens (tertiary/aromatic N) is 1. The van der Waals surface area contributed by atoms with Crippen LogP contribution in [-0.2, 0) is 0 Å². The normalized spacial score (nSPS) is 40.5. The Morgan fingerprint density at radius 1 is 1.00 bits per heavy atom. The Bertz CT molecular complexity index is 951. The lowest BCUT2D eigenvalue weighted by molar-refractivity contribution is -0.135. The zero-order valence-corrected chi connectivity index (χ0v) is 23.0. The minimum atomic E-state index is 0.500. The number of nitrogens with one attached hydrogen (secondary N) is 1. The van der Waals surface area contributed by atoms with Crippen molar-refractivity contribution >= 4 is 11.9 Å². The van der Waals surface area contributed by atoms with Crippen LogP contribution in [-0.4, -0.2) is 5.84 Å². The first-order valence-corrected chi connectivity index (χ1v) is 15.0. The Balaban J connectivity index is 1.22. The van der Waals surface area contributed by atoms with E-state index < -0.39 is 0 Å². The van der Waals surface area contributed by atoms with E-state index in [0.717, 1.165) is 41.1 Å². The smallest absolute Gasteiger partial charge is 0.166 e. The number of fused-ring (bicyclic) bond motifs is 5. The summed E-state index contributed by atoms with van der Waals surface area (Å²) >= 11 is 0. The second kappa shape index (κ2) is 10.5. The van der Waals surface area contributed by atoms with Crippen LogP contribution in [0.4, 0.5) is 0 Å². The number of hydrogen-bond acceptors (Lipinski definition) is 3. The van der Waals surface area contributed by atoms with E-state index in [9.17, 15) is 0 Å². The minimum Gasteiger partial charge on any atom is -0.321 e. The van der Waals surface area contributed by atoms with Crippen molar-refractivity contribution in [2.24, 2.45) is 63.1 Å². The molecule has 0 saturated heterocycles. The fourth-order valence-electron chi connectivity index (χ4n) is 10.1. The third-order valence-corrected chi connectivity index (χ3v) is 11.9. The highest BCUT2D eigenvalue weighted by Gasteiger charge is 2.60. The van der Waals surface area contributed by atoms with Crippen molar-refractivity contribution in [1.82, 2.24) is 5.43 Å². The van der Waals surface area contributed by atoms with Gasteiger partial charge in [-0.05, 0) is 110 Å². The molecule has 8 atom stereocenters. The molecule has 4 aliphatic carbocycles. The van der Waals surface area contributed by atoms with Crippen molar-refractivity contribution in [3.8, 4) is 0 Å². The quantitative estimate of drug-likeness (QED) is 0.170. The van der Waals surface area contributed by atoms with Crippen LogP contribution < -0.4 is 17.1 Å². The third-order valence-electron chi connectivity index (χ3n) is 11.9. The van der Waals surface area contributed by atoms with E-state index in [1.807, 2.05) is 12.1 Å². The molecule has 0 aliphatic heterocycles. The van der Waals surface area contributed by atoms with Crippen LogP contribution in [0.1, 0.15) is 109 Å². The van der Waals surface area contributed by atoms with Gasteiger partial charge in [0, 0.05) is 5.56 Å². The van der Waals surface area contributed by atoms with Crippen LogP contribution in [0.25, 0.3) is 6.08 Å². The lowest BCUT2D eigenvalue weighted by atomic mass is 9.42. The van der Waals surface area contributed by atoms with Gasteiger partial charge in [-0.1, -0.05) is 76.5 Å². The van der Waals surface area contributed by atoms with Gasteiger partial charge >= 0.3 is 0 Å². The molecule has 0 radical (unpaired) electrons. The number of hydrogen-bond donors (Lipinski definition) is 3. The minimum absolute atomic E-state index is 0.500. The SMILES string of the molecule is CC[C@H]1CC2C3CC[C@H](CC/C=C/c4ccc(/C(=N/N)NN)cc4)C3(C)CC[C@@H]2C2(C)CCCCC12.